The summed E-state index contributed by atoms with van der Waals surface area (Å²) in [6.07, 6.45) is 1.53. The predicted octanol–water partition coefficient (Wildman–Crippen LogP) is 3.61. The van der Waals surface area contributed by atoms with Gasteiger partial charge in [-0.15, -0.1) is 0 Å². The fraction of sp³-hybridized carbons (Fsp3) is 0.250. The van der Waals surface area contributed by atoms with Crippen molar-refractivity contribution in [3.05, 3.63) is 76.8 Å². The molecular weight excluding hydrogens is 384 g/mol. The molecule has 0 aromatic heterocycles. The number of carbonyl (C=O) groups is 1. The Morgan fingerprint density at radius 1 is 1.11 bits per heavy atom. The van der Waals surface area contributed by atoms with Gasteiger partial charge in [0.15, 0.2) is 0 Å². The Balaban J connectivity index is 1.79. The second-order valence-corrected chi connectivity index (χ2v) is 8.64. The number of sulfonamides is 1. The molecule has 0 bridgehead atoms. The zero-order valence-electron chi connectivity index (χ0n) is 14.8. The van der Waals surface area contributed by atoms with Crippen LogP contribution in [-0.2, 0) is 16.6 Å². The van der Waals surface area contributed by atoms with Crippen LogP contribution < -0.4 is 4.72 Å². The van der Waals surface area contributed by atoms with E-state index in [4.69, 9.17) is 11.6 Å². The Kier molecular flexibility index (Phi) is 5.99. The first kappa shape index (κ1) is 19.6. The van der Waals surface area contributed by atoms with Crippen LogP contribution in [0.15, 0.2) is 65.6 Å². The summed E-state index contributed by atoms with van der Waals surface area (Å²) in [6.45, 7) is 5.27. The SMILES string of the molecule is C=C1CCN(C(=O)c2ccc(Cl)c(S(=O)(=O)NCc3ccccc3)c2)CC1. The van der Waals surface area contributed by atoms with E-state index < -0.39 is 10.0 Å². The summed E-state index contributed by atoms with van der Waals surface area (Å²) in [5.74, 6) is -0.196. The van der Waals surface area contributed by atoms with Crippen molar-refractivity contribution in [3.63, 3.8) is 0 Å². The average Bonchev–Trinajstić information content (AvgIpc) is 2.67. The predicted molar refractivity (Wildman–Crippen MR) is 106 cm³/mol. The average molecular weight is 405 g/mol. The highest BCUT2D eigenvalue weighted by atomic mass is 35.5. The van der Waals surface area contributed by atoms with Crippen LogP contribution in [0.25, 0.3) is 0 Å². The topological polar surface area (TPSA) is 66.5 Å². The molecule has 0 aliphatic carbocycles. The van der Waals surface area contributed by atoms with Crippen LogP contribution in [0.3, 0.4) is 0 Å². The minimum Gasteiger partial charge on any atom is -0.338 e. The molecule has 3 rings (SSSR count). The Morgan fingerprint density at radius 2 is 1.78 bits per heavy atom. The van der Waals surface area contributed by atoms with E-state index in [0.717, 1.165) is 24.0 Å². The van der Waals surface area contributed by atoms with E-state index in [9.17, 15) is 13.2 Å². The molecule has 0 unspecified atom stereocenters. The van der Waals surface area contributed by atoms with Gasteiger partial charge < -0.3 is 4.90 Å². The van der Waals surface area contributed by atoms with Gasteiger partial charge in [0.1, 0.15) is 4.90 Å². The smallest absolute Gasteiger partial charge is 0.253 e. The lowest BCUT2D eigenvalue weighted by atomic mass is 10.0. The fourth-order valence-electron chi connectivity index (χ4n) is 2.90. The molecule has 27 heavy (non-hydrogen) atoms. The zero-order chi connectivity index (χ0) is 19.4. The van der Waals surface area contributed by atoms with Crippen LogP contribution in [-0.4, -0.2) is 32.3 Å². The number of rotatable bonds is 5. The zero-order valence-corrected chi connectivity index (χ0v) is 16.4. The number of hydrogen-bond donors (Lipinski definition) is 1. The van der Waals surface area contributed by atoms with Crippen molar-refractivity contribution in [2.24, 2.45) is 0 Å². The first-order chi connectivity index (χ1) is 12.9. The van der Waals surface area contributed by atoms with Gasteiger partial charge in [-0.1, -0.05) is 54.1 Å². The number of nitrogens with one attached hydrogen (secondary N) is 1. The number of carbonyl (C=O) groups excluding carboxylic acids is 1. The van der Waals surface area contributed by atoms with Gasteiger partial charge in [0.05, 0.1) is 5.02 Å². The normalized spacial score (nSPS) is 15.0. The van der Waals surface area contributed by atoms with Crippen LogP contribution in [0.1, 0.15) is 28.8 Å². The maximum Gasteiger partial charge on any atom is 0.253 e. The molecule has 1 fully saturated rings. The van der Waals surface area contributed by atoms with Gasteiger partial charge in [0, 0.05) is 25.2 Å². The van der Waals surface area contributed by atoms with E-state index in [1.165, 1.54) is 12.1 Å². The van der Waals surface area contributed by atoms with Crippen molar-refractivity contribution in [3.8, 4) is 0 Å². The highest BCUT2D eigenvalue weighted by Crippen LogP contribution is 2.25. The maximum atomic E-state index is 12.7. The summed E-state index contributed by atoms with van der Waals surface area (Å²) in [5.41, 5.74) is 2.27. The molecule has 1 amide bonds. The third-order valence-corrected chi connectivity index (χ3v) is 6.42. The molecule has 0 radical (unpaired) electrons. The summed E-state index contributed by atoms with van der Waals surface area (Å²) in [7, 11) is -3.85. The number of hydrogen-bond acceptors (Lipinski definition) is 3. The van der Waals surface area contributed by atoms with Crippen molar-refractivity contribution in [2.45, 2.75) is 24.3 Å². The summed E-state index contributed by atoms with van der Waals surface area (Å²) < 4.78 is 27.9. The monoisotopic (exact) mass is 404 g/mol. The first-order valence-electron chi connectivity index (χ1n) is 8.66. The number of nitrogens with zero attached hydrogens (tertiary/aromatic N) is 1. The molecular formula is C20H21ClN2O3S. The molecule has 2 aromatic carbocycles. The number of benzene rings is 2. The van der Waals surface area contributed by atoms with Crippen LogP contribution in [0, 0.1) is 0 Å². The van der Waals surface area contributed by atoms with E-state index in [1.54, 1.807) is 11.0 Å². The van der Waals surface area contributed by atoms with Crippen LogP contribution in [0.4, 0.5) is 0 Å². The van der Waals surface area contributed by atoms with Gasteiger partial charge in [-0.2, -0.15) is 0 Å². The summed E-state index contributed by atoms with van der Waals surface area (Å²) in [4.78, 5) is 14.3. The lowest BCUT2D eigenvalue weighted by Gasteiger charge is -2.28. The van der Waals surface area contributed by atoms with Crippen molar-refractivity contribution in [1.82, 2.24) is 9.62 Å². The summed E-state index contributed by atoms with van der Waals surface area (Å²) >= 11 is 6.12. The van der Waals surface area contributed by atoms with Crippen LogP contribution >= 0.6 is 11.6 Å². The molecule has 1 aliphatic heterocycles. The third kappa shape index (κ3) is 4.77. The third-order valence-electron chi connectivity index (χ3n) is 4.53. The summed E-state index contributed by atoms with van der Waals surface area (Å²) in [5, 5.41) is 0.0825. The van der Waals surface area contributed by atoms with E-state index in [-0.39, 0.29) is 22.4 Å². The van der Waals surface area contributed by atoms with Gasteiger partial charge >= 0.3 is 0 Å². The standard InChI is InChI=1S/C20H21ClN2O3S/c1-15-9-11-23(12-10-15)20(24)17-7-8-18(21)19(13-17)27(25,26)22-14-16-5-3-2-4-6-16/h2-8,13,22H,1,9-12,14H2. The molecule has 0 atom stereocenters. The fourth-order valence-corrected chi connectivity index (χ4v) is 4.44. The highest BCUT2D eigenvalue weighted by molar-refractivity contribution is 7.89. The highest BCUT2D eigenvalue weighted by Gasteiger charge is 2.23. The molecule has 1 aliphatic rings. The second kappa shape index (κ2) is 8.25. The lowest BCUT2D eigenvalue weighted by molar-refractivity contribution is 0.0743. The Hall–Kier alpha value is -2.15. The minimum absolute atomic E-state index is 0.0825. The summed E-state index contributed by atoms with van der Waals surface area (Å²) in [6, 6.07) is 13.6. The van der Waals surface area contributed by atoms with E-state index in [2.05, 4.69) is 11.3 Å². The van der Waals surface area contributed by atoms with Crippen LogP contribution in [0.5, 0.6) is 0 Å². The van der Waals surface area contributed by atoms with Crippen molar-refractivity contribution in [1.29, 1.82) is 0 Å². The molecule has 0 saturated carbocycles. The number of likely N-dealkylation sites (tertiary alicyclic amines) is 1. The quantitative estimate of drug-likeness (QED) is 0.774. The van der Waals surface area contributed by atoms with Crippen molar-refractivity contribution >= 4 is 27.5 Å². The van der Waals surface area contributed by atoms with Crippen LogP contribution in [0.2, 0.25) is 5.02 Å². The van der Waals surface area contributed by atoms with E-state index in [1.807, 2.05) is 30.3 Å². The second-order valence-electron chi connectivity index (χ2n) is 6.50. The molecule has 7 heteroatoms. The molecule has 142 valence electrons. The lowest BCUT2D eigenvalue weighted by Crippen LogP contribution is -2.36. The molecule has 2 aromatic rings. The van der Waals surface area contributed by atoms with Gasteiger partial charge in [-0.25, -0.2) is 13.1 Å². The van der Waals surface area contributed by atoms with Gasteiger partial charge in [-0.05, 0) is 36.6 Å². The van der Waals surface area contributed by atoms with Gasteiger partial charge in [0.2, 0.25) is 10.0 Å². The first-order valence-corrected chi connectivity index (χ1v) is 10.5. The van der Waals surface area contributed by atoms with E-state index in [0.29, 0.717) is 18.7 Å². The number of halogens is 1. The van der Waals surface area contributed by atoms with Gasteiger partial charge in [-0.3, -0.25) is 4.79 Å². The van der Waals surface area contributed by atoms with E-state index >= 15 is 0 Å². The molecule has 0 spiro atoms. The number of amides is 1. The Labute approximate surface area is 164 Å². The molecule has 1 N–H and O–H groups in total. The minimum atomic E-state index is -3.85. The van der Waals surface area contributed by atoms with Gasteiger partial charge in [0.25, 0.3) is 5.91 Å². The molecule has 1 heterocycles. The Bertz CT molecular complexity index is 948. The molecule has 5 nitrogen and oxygen atoms in total. The maximum absolute atomic E-state index is 12.7. The van der Waals surface area contributed by atoms with Crippen molar-refractivity contribution < 1.29 is 13.2 Å². The number of piperidine rings is 1. The van der Waals surface area contributed by atoms with Crippen molar-refractivity contribution in [2.75, 3.05) is 13.1 Å². The Morgan fingerprint density at radius 3 is 2.44 bits per heavy atom. The molecule has 1 saturated heterocycles. The largest absolute Gasteiger partial charge is 0.338 e.